The van der Waals surface area contributed by atoms with Crippen LogP contribution in [-0.4, -0.2) is 68.7 Å². The lowest BCUT2D eigenvalue weighted by atomic mass is 9.65. The number of piperidine rings is 1. The van der Waals surface area contributed by atoms with Gasteiger partial charge in [0.05, 0.1) is 36.9 Å². The molecule has 0 aromatic rings. The van der Waals surface area contributed by atoms with E-state index < -0.39 is 12.1 Å². The average Bonchev–Trinajstić information content (AvgIpc) is 3.45. The lowest BCUT2D eigenvalue weighted by molar-refractivity contribution is -0.133. The Labute approximate surface area is 240 Å². The molecule has 9 heteroatoms. The fourth-order valence-electron chi connectivity index (χ4n) is 7.82. The maximum absolute atomic E-state index is 14.3. The fourth-order valence-corrected chi connectivity index (χ4v) is 7.98. The average molecular weight is 566 g/mol. The first-order valence-corrected chi connectivity index (χ1v) is 16.3. The minimum Gasteiger partial charge on any atom is -0.386 e. The molecule has 1 spiro atoms. The van der Waals surface area contributed by atoms with Gasteiger partial charge in [-0.3, -0.25) is 10.1 Å². The molecule has 222 valence electrons. The minimum absolute atomic E-state index is 0.0174. The van der Waals surface area contributed by atoms with Gasteiger partial charge >= 0.3 is 0 Å². The number of hydrogen-bond acceptors (Lipinski definition) is 7. The number of carbonyl (C=O) groups is 1. The Morgan fingerprint density at radius 1 is 1.10 bits per heavy atom. The molecule has 1 amide bonds. The number of rotatable bonds is 8. The van der Waals surface area contributed by atoms with Crippen molar-refractivity contribution in [2.24, 2.45) is 17.1 Å². The second kappa shape index (κ2) is 14.3. The zero-order chi connectivity index (χ0) is 27.1. The van der Waals surface area contributed by atoms with Crippen molar-refractivity contribution in [2.75, 3.05) is 26.3 Å². The molecule has 6 unspecified atom stereocenters. The molecule has 3 heterocycles. The number of nitrogens with one attached hydrogen (secondary N) is 4. The molecule has 0 aromatic heterocycles. The van der Waals surface area contributed by atoms with Crippen LogP contribution in [0, 0.1) is 11.3 Å². The third-order valence-corrected chi connectivity index (χ3v) is 10.4. The van der Waals surface area contributed by atoms with Gasteiger partial charge in [-0.25, -0.2) is 0 Å². The van der Waals surface area contributed by atoms with Crippen LogP contribution in [0.1, 0.15) is 96.3 Å². The van der Waals surface area contributed by atoms with Crippen LogP contribution in [0.25, 0.3) is 0 Å². The van der Waals surface area contributed by atoms with E-state index in [1.165, 1.54) is 44.9 Å². The van der Waals surface area contributed by atoms with Crippen molar-refractivity contribution in [2.45, 2.75) is 133 Å². The van der Waals surface area contributed by atoms with E-state index in [0.29, 0.717) is 19.2 Å². The first-order chi connectivity index (χ1) is 19.0. The van der Waals surface area contributed by atoms with Gasteiger partial charge in [-0.05, 0) is 76.2 Å². The van der Waals surface area contributed by atoms with Gasteiger partial charge in [-0.15, -0.1) is 0 Å². The molecule has 39 heavy (non-hydrogen) atoms. The van der Waals surface area contributed by atoms with Crippen LogP contribution in [0.2, 0.25) is 0 Å². The fraction of sp³-hybridized carbons (Fsp3) is 0.900. The van der Waals surface area contributed by atoms with E-state index in [4.69, 9.17) is 26.8 Å². The van der Waals surface area contributed by atoms with Gasteiger partial charge in [0.15, 0.2) is 0 Å². The Kier molecular flexibility index (Phi) is 10.9. The summed E-state index contributed by atoms with van der Waals surface area (Å²) in [7, 11) is 0. The van der Waals surface area contributed by atoms with Gasteiger partial charge < -0.3 is 31.2 Å². The second-order valence-corrected chi connectivity index (χ2v) is 13.4. The maximum Gasteiger partial charge on any atom is 0.228 e. The van der Waals surface area contributed by atoms with E-state index >= 15 is 0 Å². The summed E-state index contributed by atoms with van der Waals surface area (Å²) in [5.74, 6) is -0.396. The van der Waals surface area contributed by atoms with Gasteiger partial charge in [0.1, 0.15) is 0 Å². The maximum atomic E-state index is 14.3. The minimum atomic E-state index is -0.430. The molecule has 3 aliphatic heterocycles. The zero-order valence-electron chi connectivity index (χ0n) is 23.7. The molecule has 0 radical (unpaired) electrons. The van der Waals surface area contributed by atoms with E-state index in [0.717, 1.165) is 69.6 Å². The summed E-state index contributed by atoms with van der Waals surface area (Å²) in [6.07, 6.45) is 18.4. The molecule has 6 atom stereocenters. The molecular formula is C30H52ClN5O3. The highest BCUT2D eigenvalue weighted by molar-refractivity contribution is 6.29. The van der Waals surface area contributed by atoms with Gasteiger partial charge in [0.25, 0.3) is 0 Å². The van der Waals surface area contributed by atoms with Gasteiger partial charge in [-0.1, -0.05) is 43.7 Å². The Hall–Kier alpha value is -0.900. The number of hydrogen-bond donors (Lipinski definition) is 5. The zero-order valence-corrected chi connectivity index (χ0v) is 24.5. The van der Waals surface area contributed by atoms with E-state index in [2.05, 4.69) is 21.3 Å². The normalized spacial score (nSPS) is 35.2. The monoisotopic (exact) mass is 565 g/mol. The van der Waals surface area contributed by atoms with Crippen LogP contribution in [0.3, 0.4) is 0 Å². The van der Waals surface area contributed by atoms with Crippen LogP contribution < -0.4 is 27.0 Å². The van der Waals surface area contributed by atoms with Gasteiger partial charge in [0.2, 0.25) is 5.91 Å². The molecule has 2 saturated carbocycles. The SMILES string of the molecule is NC(NC1CCCC1)C(C(=O)NC1CNCCC1OC1CCCOC1)C1CC2(CCCCC2)CC/C(Cl)=C\N1. The molecule has 8 nitrogen and oxygen atoms in total. The number of nitrogens with two attached hydrogens (primary N) is 1. The largest absolute Gasteiger partial charge is 0.386 e. The lowest BCUT2D eigenvalue weighted by Gasteiger charge is -2.44. The summed E-state index contributed by atoms with van der Waals surface area (Å²) in [4.78, 5) is 14.3. The van der Waals surface area contributed by atoms with Crippen LogP contribution in [0.4, 0.5) is 0 Å². The van der Waals surface area contributed by atoms with Crippen molar-refractivity contribution in [1.82, 2.24) is 21.3 Å². The van der Waals surface area contributed by atoms with Crippen LogP contribution in [0.15, 0.2) is 11.2 Å². The highest BCUT2D eigenvalue weighted by Crippen LogP contribution is 2.46. The highest BCUT2D eigenvalue weighted by Gasteiger charge is 2.43. The van der Waals surface area contributed by atoms with Crippen molar-refractivity contribution >= 4 is 17.5 Å². The van der Waals surface area contributed by atoms with Crippen molar-refractivity contribution in [3.63, 3.8) is 0 Å². The second-order valence-electron chi connectivity index (χ2n) is 13.0. The van der Waals surface area contributed by atoms with Crippen LogP contribution in [0.5, 0.6) is 0 Å². The van der Waals surface area contributed by atoms with E-state index in [-0.39, 0.29) is 35.6 Å². The predicted molar refractivity (Wildman–Crippen MR) is 155 cm³/mol. The Morgan fingerprint density at radius 3 is 2.69 bits per heavy atom. The Bertz CT molecular complexity index is 810. The van der Waals surface area contributed by atoms with E-state index in [1.807, 2.05) is 6.20 Å². The number of halogens is 1. The molecule has 2 aliphatic carbocycles. The molecule has 4 fully saturated rings. The molecule has 2 saturated heterocycles. The Balaban J connectivity index is 1.34. The lowest BCUT2D eigenvalue weighted by Crippen LogP contribution is -2.63. The van der Waals surface area contributed by atoms with Crippen molar-refractivity contribution in [1.29, 1.82) is 0 Å². The molecule has 0 aromatic carbocycles. The summed E-state index contributed by atoms with van der Waals surface area (Å²) in [6, 6.07) is 0.208. The first kappa shape index (κ1) is 29.6. The van der Waals surface area contributed by atoms with E-state index in [1.54, 1.807) is 0 Å². The van der Waals surface area contributed by atoms with Crippen LogP contribution in [-0.2, 0) is 14.3 Å². The van der Waals surface area contributed by atoms with Crippen LogP contribution >= 0.6 is 11.6 Å². The molecule has 0 bridgehead atoms. The van der Waals surface area contributed by atoms with Crippen molar-refractivity contribution in [3.8, 4) is 0 Å². The number of allylic oxidation sites excluding steroid dienone is 1. The Morgan fingerprint density at radius 2 is 1.92 bits per heavy atom. The summed E-state index contributed by atoms with van der Waals surface area (Å²) >= 11 is 6.65. The first-order valence-electron chi connectivity index (χ1n) is 15.9. The number of ether oxygens (including phenoxy) is 2. The third-order valence-electron chi connectivity index (χ3n) is 10.1. The molecular weight excluding hydrogens is 514 g/mol. The van der Waals surface area contributed by atoms with Gasteiger partial charge in [0, 0.05) is 36.5 Å². The third kappa shape index (κ3) is 8.10. The van der Waals surface area contributed by atoms with Crippen molar-refractivity contribution < 1.29 is 14.3 Å². The predicted octanol–water partition coefficient (Wildman–Crippen LogP) is 3.63. The van der Waals surface area contributed by atoms with Gasteiger partial charge in [-0.2, -0.15) is 0 Å². The molecule has 5 aliphatic rings. The standard InChI is InChI=1S/C30H52ClN5O3/c31-21-10-14-30(12-4-1-5-13-30)17-24(34-18-21)27(28(32)35-22-7-2-3-8-22)29(37)36-25-19-33-15-11-26(25)39-23-9-6-16-38-20-23/h18,22-28,33-35H,1-17,19-20,32H2,(H,36,37)/b21-18+. The van der Waals surface area contributed by atoms with E-state index in [9.17, 15) is 4.79 Å². The number of amides is 1. The summed E-state index contributed by atoms with van der Waals surface area (Å²) < 4.78 is 12.2. The summed E-state index contributed by atoms with van der Waals surface area (Å²) in [5, 5.41) is 15.0. The summed E-state index contributed by atoms with van der Waals surface area (Å²) in [6.45, 7) is 3.06. The number of carbonyl (C=O) groups excluding carboxylic acids is 1. The smallest absolute Gasteiger partial charge is 0.228 e. The van der Waals surface area contributed by atoms with Crippen molar-refractivity contribution in [3.05, 3.63) is 11.2 Å². The topological polar surface area (TPSA) is 110 Å². The quantitative estimate of drug-likeness (QED) is 0.286. The molecule has 6 N–H and O–H groups in total. The molecule has 5 rings (SSSR count). The summed E-state index contributed by atoms with van der Waals surface area (Å²) in [5.41, 5.74) is 7.15. The highest BCUT2D eigenvalue weighted by atomic mass is 35.5.